The van der Waals surface area contributed by atoms with E-state index in [1.54, 1.807) is 0 Å². The van der Waals surface area contributed by atoms with Crippen molar-refractivity contribution in [1.29, 1.82) is 0 Å². The first-order valence-electron chi connectivity index (χ1n) is 7.36. The summed E-state index contributed by atoms with van der Waals surface area (Å²) in [5, 5.41) is 10.5. The van der Waals surface area contributed by atoms with Crippen LogP contribution in [0, 0.1) is 5.92 Å². The lowest BCUT2D eigenvalue weighted by molar-refractivity contribution is -0.183. The van der Waals surface area contributed by atoms with Gasteiger partial charge in [0.2, 0.25) is 0 Å². The van der Waals surface area contributed by atoms with E-state index in [-0.39, 0.29) is 24.9 Å². The summed E-state index contributed by atoms with van der Waals surface area (Å²) < 4.78 is 38.4. The topological polar surface area (TPSA) is 40.7 Å². The number of halogens is 3. The Bertz CT molecular complexity index is 455. The number of hydrogen-bond acceptors (Lipinski definition) is 2. The van der Waals surface area contributed by atoms with Crippen molar-refractivity contribution < 1.29 is 13.2 Å². The van der Waals surface area contributed by atoms with Gasteiger partial charge in [0.25, 0.3) is 0 Å². The Labute approximate surface area is 116 Å². The number of nitrogens with one attached hydrogen (secondary N) is 2. The van der Waals surface area contributed by atoms with Crippen molar-refractivity contribution in [2.24, 2.45) is 5.92 Å². The smallest absolute Gasteiger partial charge is 0.311 e. The molecule has 3 nitrogen and oxygen atoms in total. The monoisotopic (exact) mass is 287 g/mol. The molecule has 3 atom stereocenters. The van der Waals surface area contributed by atoms with Crippen LogP contribution in [0.25, 0.3) is 0 Å². The summed E-state index contributed by atoms with van der Waals surface area (Å²) >= 11 is 0. The molecule has 0 aromatic carbocycles. The van der Waals surface area contributed by atoms with Crippen molar-refractivity contribution in [3.05, 3.63) is 17.5 Å². The quantitative estimate of drug-likeness (QED) is 0.878. The van der Waals surface area contributed by atoms with Crippen molar-refractivity contribution in [2.45, 2.75) is 63.2 Å². The first kappa shape index (κ1) is 13.9. The Kier molecular flexibility index (Phi) is 3.75. The van der Waals surface area contributed by atoms with Crippen LogP contribution >= 0.6 is 0 Å². The Hall–Kier alpha value is -1.04. The maximum absolute atomic E-state index is 12.8. The second-order valence-corrected chi connectivity index (χ2v) is 6.08. The summed E-state index contributed by atoms with van der Waals surface area (Å²) in [7, 11) is 0. The fraction of sp³-hybridized carbons (Fsp3) is 0.786. The van der Waals surface area contributed by atoms with Gasteiger partial charge in [0.1, 0.15) is 0 Å². The normalized spacial score (nSPS) is 31.1. The van der Waals surface area contributed by atoms with E-state index in [1.807, 2.05) is 6.20 Å². The molecule has 2 aliphatic carbocycles. The number of aromatic amines is 1. The van der Waals surface area contributed by atoms with E-state index in [1.165, 1.54) is 11.3 Å². The molecular weight excluding hydrogens is 267 g/mol. The van der Waals surface area contributed by atoms with Gasteiger partial charge in [-0.3, -0.25) is 5.10 Å². The average molecular weight is 287 g/mol. The van der Waals surface area contributed by atoms with Crippen LogP contribution in [-0.2, 0) is 12.8 Å². The molecule has 0 amide bonds. The second-order valence-electron chi connectivity index (χ2n) is 6.08. The van der Waals surface area contributed by atoms with Crippen molar-refractivity contribution in [3.8, 4) is 0 Å². The highest BCUT2D eigenvalue weighted by atomic mass is 19.4. The zero-order valence-corrected chi connectivity index (χ0v) is 11.3. The fourth-order valence-corrected chi connectivity index (χ4v) is 3.53. The Balaban J connectivity index is 1.56. The molecule has 0 bridgehead atoms. The van der Waals surface area contributed by atoms with Crippen molar-refractivity contribution in [2.75, 3.05) is 0 Å². The molecule has 112 valence electrons. The molecule has 1 fully saturated rings. The first-order valence-corrected chi connectivity index (χ1v) is 7.36. The lowest BCUT2D eigenvalue weighted by Crippen LogP contribution is -2.45. The molecular formula is C14H20F3N3. The van der Waals surface area contributed by atoms with E-state index >= 15 is 0 Å². The highest BCUT2D eigenvalue weighted by molar-refractivity contribution is 5.21. The molecule has 20 heavy (non-hydrogen) atoms. The summed E-state index contributed by atoms with van der Waals surface area (Å²) in [6, 6.07) is 0.297. The van der Waals surface area contributed by atoms with Crippen LogP contribution in [0.4, 0.5) is 13.2 Å². The lowest BCUT2D eigenvalue weighted by atomic mass is 9.84. The molecule has 0 aliphatic heterocycles. The highest BCUT2D eigenvalue weighted by Gasteiger charge is 2.42. The molecule has 2 N–H and O–H groups in total. The summed E-state index contributed by atoms with van der Waals surface area (Å²) in [5.74, 6) is -1.12. The number of hydrogen-bond donors (Lipinski definition) is 2. The van der Waals surface area contributed by atoms with E-state index in [0.717, 1.165) is 25.7 Å². The van der Waals surface area contributed by atoms with Crippen molar-refractivity contribution in [1.82, 2.24) is 15.5 Å². The molecule has 0 radical (unpaired) electrons. The molecule has 1 aromatic heterocycles. The van der Waals surface area contributed by atoms with Gasteiger partial charge < -0.3 is 5.32 Å². The maximum Gasteiger partial charge on any atom is 0.391 e. The zero-order valence-electron chi connectivity index (χ0n) is 11.3. The molecule has 1 heterocycles. The number of aromatic nitrogens is 2. The van der Waals surface area contributed by atoms with E-state index in [9.17, 15) is 13.2 Å². The minimum atomic E-state index is -4.04. The molecule has 3 rings (SSSR count). The van der Waals surface area contributed by atoms with Gasteiger partial charge >= 0.3 is 6.18 Å². The van der Waals surface area contributed by atoms with Gasteiger partial charge in [-0.25, -0.2) is 0 Å². The third-order valence-electron chi connectivity index (χ3n) is 4.63. The Morgan fingerprint density at radius 3 is 2.85 bits per heavy atom. The van der Waals surface area contributed by atoms with Gasteiger partial charge in [0.15, 0.2) is 0 Å². The van der Waals surface area contributed by atoms with Gasteiger partial charge in [-0.2, -0.15) is 18.3 Å². The minimum absolute atomic E-state index is 0.00817. The average Bonchev–Trinajstić information content (AvgIpc) is 2.85. The summed E-state index contributed by atoms with van der Waals surface area (Å²) in [6.07, 6.45) is 2.64. The molecule has 1 saturated carbocycles. The predicted octanol–water partition coefficient (Wildman–Crippen LogP) is 2.98. The van der Waals surface area contributed by atoms with E-state index in [4.69, 9.17) is 0 Å². The third-order valence-corrected chi connectivity index (χ3v) is 4.63. The van der Waals surface area contributed by atoms with Gasteiger partial charge in [-0.05, 0) is 44.1 Å². The van der Waals surface area contributed by atoms with E-state index < -0.39 is 12.1 Å². The van der Waals surface area contributed by atoms with Crippen LogP contribution in [0.5, 0.6) is 0 Å². The summed E-state index contributed by atoms with van der Waals surface area (Å²) in [5.41, 5.74) is 2.39. The van der Waals surface area contributed by atoms with Crippen LogP contribution in [0.2, 0.25) is 0 Å². The molecule has 2 aliphatic rings. The number of H-pyrrole nitrogens is 1. The molecule has 0 spiro atoms. The number of fused-ring (bicyclic) bond motifs is 1. The van der Waals surface area contributed by atoms with Gasteiger partial charge in [0, 0.05) is 17.8 Å². The van der Waals surface area contributed by atoms with Gasteiger partial charge in [0.05, 0.1) is 12.1 Å². The number of aryl methyl sites for hydroxylation is 1. The number of rotatable bonds is 2. The van der Waals surface area contributed by atoms with Crippen molar-refractivity contribution in [3.63, 3.8) is 0 Å². The maximum atomic E-state index is 12.8. The predicted molar refractivity (Wildman–Crippen MR) is 69.3 cm³/mol. The van der Waals surface area contributed by atoms with Gasteiger partial charge in [-0.1, -0.05) is 6.42 Å². The number of alkyl halides is 3. The SMILES string of the molecule is FC(F)(F)[C@@H]1CCC[C@@H](N[C@H]2CCc3[nH]ncc3C2)C1. The number of nitrogens with zero attached hydrogens (tertiary/aromatic N) is 1. The fourth-order valence-electron chi connectivity index (χ4n) is 3.53. The van der Waals surface area contributed by atoms with E-state index in [2.05, 4.69) is 15.5 Å². The molecule has 6 heteroatoms. The van der Waals surface area contributed by atoms with Crippen LogP contribution in [0.1, 0.15) is 43.4 Å². The Morgan fingerprint density at radius 2 is 2.05 bits per heavy atom. The van der Waals surface area contributed by atoms with Crippen molar-refractivity contribution >= 4 is 0 Å². The van der Waals surface area contributed by atoms with Gasteiger partial charge in [-0.15, -0.1) is 0 Å². The molecule has 1 aromatic rings. The zero-order chi connectivity index (χ0) is 14.2. The van der Waals surface area contributed by atoms with Crippen LogP contribution in [0.3, 0.4) is 0 Å². The second kappa shape index (κ2) is 5.39. The molecule has 0 unspecified atom stereocenters. The lowest BCUT2D eigenvalue weighted by Gasteiger charge is -2.34. The van der Waals surface area contributed by atoms with E-state index in [0.29, 0.717) is 6.42 Å². The van der Waals surface area contributed by atoms with Crippen LogP contribution in [0.15, 0.2) is 6.20 Å². The summed E-state index contributed by atoms with van der Waals surface area (Å²) in [6.45, 7) is 0. The summed E-state index contributed by atoms with van der Waals surface area (Å²) in [4.78, 5) is 0. The third kappa shape index (κ3) is 3.00. The Morgan fingerprint density at radius 1 is 1.20 bits per heavy atom. The first-order chi connectivity index (χ1) is 9.52. The van der Waals surface area contributed by atoms with Crippen LogP contribution in [-0.4, -0.2) is 28.5 Å². The standard InChI is InChI=1S/C14H20F3N3/c15-14(16,17)10-2-1-3-11(7-10)19-12-4-5-13-9(6-12)8-18-20-13/h8,10-12,19H,1-7H2,(H,18,20)/t10-,11-,12+/m1/s1. The highest BCUT2D eigenvalue weighted by Crippen LogP contribution is 2.37. The van der Waals surface area contributed by atoms with Crippen LogP contribution < -0.4 is 5.32 Å². The molecule has 0 saturated heterocycles. The largest absolute Gasteiger partial charge is 0.391 e. The minimum Gasteiger partial charge on any atom is -0.311 e.